The lowest BCUT2D eigenvalue weighted by Gasteiger charge is -2.26. The summed E-state index contributed by atoms with van der Waals surface area (Å²) >= 11 is 0. The third kappa shape index (κ3) is 10.1. The largest absolute Gasteiger partial charge is 0.389 e. The smallest absolute Gasteiger partial charge is 0.0390 e. The van der Waals surface area contributed by atoms with Crippen molar-refractivity contribution in [1.29, 1.82) is 0 Å². The molecule has 0 aliphatic rings. The van der Waals surface area contributed by atoms with Crippen LogP contribution in [0.1, 0.15) is 67.2 Å². The summed E-state index contributed by atoms with van der Waals surface area (Å²) < 4.78 is 0. The van der Waals surface area contributed by atoms with Crippen LogP contribution in [0.3, 0.4) is 0 Å². The molecular formula is C18H36N2. The Kier molecular flexibility index (Phi) is 9.62. The minimum Gasteiger partial charge on any atom is -0.389 e. The standard InChI is InChI=1S/C18H36N2/c1-8-17(9-2)14-20-16(5)12-18(6,7)10-11-19-13-15(3)4/h13,15,17,20H,5,8-12,14H2,1-4,6-7H3. The molecular weight excluding hydrogens is 244 g/mol. The van der Waals surface area contributed by atoms with Gasteiger partial charge in [0.2, 0.25) is 0 Å². The van der Waals surface area contributed by atoms with Gasteiger partial charge in [0, 0.05) is 25.0 Å². The van der Waals surface area contributed by atoms with Gasteiger partial charge in [0.15, 0.2) is 0 Å². The SMILES string of the molecule is C=C(CC(C)(C)CCN=CC(C)C)NCC(CC)CC. The molecule has 20 heavy (non-hydrogen) atoms. The summed E-state index contributed by atoms with van der Waals surface area (Å²) in [7, 11) is 0. The molecule has 0 aromatic heterocycles. The zero-order valence-corrected chi connectivity index (χ0v) is 14.6. The molecule has 0 radical (unpaired) electrons. The van der Waals surface area contributed by atoms with E-state index < -0.39 is 0 Å². The van der Waals surface area contributed by atoms with Gasteiger partial charge in [-0.3, -0.25) is 4.99 Å². The van der Waals surface area contributed by atoms with Gasteiger partial charge < -0.3 is 5.32 Å². The summed E-state index contributed by atoms with van der Waals surface area (Å²) in [6.45, 7) is 19.6. The molecule has 0 spiro atoms. The van der Waals surface area contributed by atoms with Gasteiger partial charge in [0.05, 0.1) is 0 Å². The third-order valence-electron chi connectivity index (χ3n) is 3.81. The van der Waals surface area contributed by atoms with Crippen LogP contribution in [0.15, 0.2) is 17.3 Å². The zero-order chi connectivity index (χ0) is 15.6. The van der Waals surface area contributed by atoms with Crippen LogP contribution < -0.4 is 5.32 Å². The molecule has 1 N–H and O–H groups in total. The molecule has 0 aromatic rings. The van der Waals surface area contributed by atoms with Crippen LogP contribution in [0.5, 0.6) is 0 Å². The first-order valence-corrected chi connectivity index (χ1v) is 8.22. The number of nitrogens with one attached hydrogen (secondary N) is 1. The molecule has 0 aliphatic heterocycles. The maximum atomic E-state index is 4.49. The Morgan fingerprint density at radius 1 is 1.25 bits per heavy atom. The van der Waals surface area contributed by atoms with E-state index in [1.54, 1.807) is 0 Å². The van der Waals surface area contributed by atoms with Crippen molar-refractivity contribution in [1.82, 2.24) is 5.32 Å². The Bertz CT molecular complexity index is 286. The molecule has 0 fully saturated rings. The summed E-state index contributed by atoms with van der Waals surface area (Å²) in [6, 6.07) is 0. The first-order valence-electron chi connectivity index (χ1n) is 8.22. The molecule has 0 aromatic carbocycles. The van der Waals surface area contributed by atoms with Crippen molar-refractivity contribution >= 4 is 6.21 Å². The fraction of sp³-hybridized carbons (Fsp3) is 0.833. The van der Waals surface area contributed by atoms with Crippen molar-refractivity contribution in [3.63, 3.8) is 0 Å². The monoisotopic (exact) mass is 280 g/mol. The van der Waals surface area contributed by atoms with Crippen LogP contribution in [0.25, 0.3) is 0 Å². The topological polar surface area (TPSA) is 24.4 Å². The Morgan fingerprint density at radius 3 is 2.35 bits per heavy atom. The minimum absolute atomic E-state index is 0.270. The predicted molar refractivity (Wildman–Crippen MR) is 92.4 cm³/mol. The van der Waals surface area contributed by atoms with Gasteiger partial charge >= 0.3 is 0 Å². The van der Waals surface area contributed by atoms with Crippen LogP contribution in [-0.4, -0.2) is 19.3 Å². The Hall–Kier alpha value is -0.790. The number of hydrogen-bond donors (Lipinski definition) is 1. The fourth-order valence-corrected chi connectivity index (χ4v) is 2.25. The molecule has 0 bridgehead atoms. The average molecular weight is 281 g/mol. The van der Waals surface area contributed by atoms with E-state index in [0.717, 1.165) is 31.8 Å². The molecule has 2 heteroatoms. The van der Waals surface area contributed by atoms with Crippen molar-refractivity contribution in [2.45, 2.75) is 67.2 Å². The van der Waals surface area contributed by atoms with E-state index in [-0.39, 0.29) is 5.41 Å². The third-order valence-corrected chi connectivity index (χ3v) is 3.81. The molecule has 0 aliphatic carbocycles. The molecule has 0 saturated heterocycles. The second-order valence-electron chi connectivity index (χ2n) is 7.06. The highest BCUT2D eigenvalue weighted by Crippen LogP contribution is 2.27. The second kappa shape index (κ2) is 10.0. The first kappa shape index (κ1) is 19.2. The van der Waals surface area contributed by atoms with Gasteiger partial charge in [-0.15, -0.1) is 0 Å². The van der Waals surface area contributed by atoms with Crippen molar-refractivity contribution in [2.24, 2.45) is 22.2 Å². The molecule has 0 saturated carbocycles. The lowest BCUT2D eigenvalue weighted by Crippen LogP contribution is -2.25. The molecule has 0 heterocycles. The molecule has 118 valence electrons. The van der Waals surface area contributed by atoms with E-state index in [9.17, 15) is 0 Å². The fourth-order valence-electron chi connectivity index (χ4n) is 2.25. The Morgan fingerprint density at radius 2 is 1.85 bits per heavy atom. The Balaban J connectivity index is 4.02. The lowest BCUT2D eigenvalue weighted by atomic mass is 9.84. The van der Waals surface area contributed by atoms with Gasteiger partial charge in [-0.25, -0.2) is 0 Å². The van der Waals surface area contributed by atoms with E-state index in [4.69, 9.17) is 0 Å². The van der Waals surface area contributed by atoms with Gasteiger partial charge in [0.25, 0.3) is 0 Å². The van der Waals surface area contributed by atoms with E-state index in [2.05, 4.69) is 64.6 Å². The number of nitrogens with zero attached hydrogens (tertiary/aromatic N) is 1. The quantitative estimate of drug-likeness (QED) is 0.526. The lowest BCUT2D eigenvalue weighted by molar-refractivity contribution is 0.327. The van der Waals surface area contributed by atoms with Crippen molar-refractivity contribution < 1.29 is 0 Å². The van der Waals surface area contributed by atoms with Gasteiger partial charge in [-0.1, -0.05) is 61.0 Å². The summed E-state index contributed by atoms with van der Waals surface area (Å²) in [5, 5.41) is 3.52. The Labute approximate surface area is 127 Å². The normalized spacial score (nSPS) is 12.6. The predicted octanol–water partition coefficient (Wildman–Crippen LogP) is 5.06. The summed E-state index contributed by atoms with van der Waals surface area (Å²) in [6.07, 6.45) is 6.68. The van der Waals surface area contributed by atoms with Crippen LogP contribution in [-0.2, 0) is 0 Å². The minimum atomic E-state index is 0.270. The van der Waals surface area contributed by atoms with E-state index in [1.807, 2.05) is 0 Å². The highest BCUT2D eigenvalue weighted by atomic mass is 14.9. The van der Waals surface area contributed by atoms with E-state index >= 15 is 0 Å². The zero-order valence-electron chi connectivity index (χ0n) is 14.6. The van der Waals surface area contributed by atoms with Crippen molar-refractivity contribution in [3.8, 4) is 0 Å². The van der Waals surface area contributed by atoms with Crippen LogP contribution in [0.2, 0.25) is 0 Å². The number of allylic oxidation sites excluding steroid dienone is 1. The maximum Gasteiger partial charge on any atom is 0.0390 e. The molecule has 0 amide bonds. The van der Waals surface area contributed by atoms with Crippen molar-refractivity contribution in [3.05, 3.63) is 12.3 Å². The average Bonchev–Trinajstić information content (AvgIpc) is 2.35. The highest BCUT2D eigenvalue weighted by molar-refractivity contribution is 5.59. The van der Waals surface area contributed by atoms with E-state index in [0.29, 0.717) is 5.92 Å². The van der Waals surface area contributed by atoms with Crippen LogP contribution in [0.4, 0.5) is 0 Å². The van der Waals surface area contributed by atoms with Crippen molar-refractivity contribution in [2.75, 3.05) is 13.1 Å². The molecule has 0 rings (SSSR count). The second-order valence-corrected chi connectivity index (χ2v) is 7.06. The van der Waals surface area contributed by atoms with Gasteiger partial charge in [-0.2, -0.15) is 0 Å². The summed E-state index contributed by atoms with van der Waals surface area (Å²) in [4.78, 5) is 4.49. The number of aliphatic imine (C=N–C) groups is 1. The molecule has 0 unspecified atom stereocenters. The van der Waals surface area contributed by atoms with Gasteiger partial charge in [0.1, 0.15) is 0 Å². The summed E-state index contributed by atoms with van der Waals surface area (Å²) in [5.41, 5.74) is 1.45. The molecule has 0 atom stereocenters. The summed E-state index contributed by atoms with van der Waals surface area (Å²) in [5.74, 6) is 1.32. The number of hydrogen-bond acceptors (Lipinski definition) is 2. The maximum absolute atomic E-state index is 4.49. The van der Waals surface area contributed by atoms with E-state index in [1.165, 1.54) is 18.5 Å². The molecule has 2 nitrogen and oxygen atoms in total. The first-order chi connectivity index (χ1) is 9.30. The van der Waals surface area contributed by atoms with Gasteiger partial charge in [-0.05, 0) is 30.1 Å². The van der Waals surface area contributed by atoms with Crippen LogP contribution >= 0.6 is 0 Å². The van der Waals surface area contributed by atoms with Crippen LogP contribution in [0, 0.1) is 17.3 Å². The highest BCUT2D eigenvalue weighted by Gasteiger charge is 2.18. The number of rotatable bonds is 11.